The summed E-state index contributed by atoms with van der Waals surface area (Å²) in [6.07, 6.45) is 2.80. The zero-order valence-corrected chi connectivity index (χ0v) is 16.2. The second-order valence-corrected chi connectivity index (χ2v) is 7.83. The molecule has 0 bridgehead atoms. The molecule has 0 radical (unpaired) electrons. The molecular weight excluding hydrogens is 417 g/mol. The number of rotatable bonds is 4. The monoisotopic (exact) mass is 429 g/mol. The molecule has 0 saturated carbocycles. The number of carbonyl (C=O) groups is 1. The van der Waals surface area contributed by atoms with E-state index in [4.69, 9.17) is 40.6 Å². The van der Waals surface area contributed by atoms with Gasteiger partial charge in [-0.15, -0.1) is 0 Å². The Kier molecular flexibility index (Phi) is 6.74. The Morgan fingerprint density at radius 3 is 2.35 bits per heavy atom. The van der Waals surface area contributed by atoms with Gasteiger partial charge in [-0.25, -0.2) is 13.6 Å². The Labute approximate surface area is 166 Å². The molecule has 0 heterocycles. The minimum absolute atomic E-state index is 0.0271. The third-order valence-corrected chi connectivity index (χ3v) is 4.75. The summed E-state index contributed by atoms with van der Waals surface area (Å²) in [7, 11) is -3.77. The quantitative estimate of drug-likeness (QED) is 0.511. The normalized spacial score (nSPS) is 11.3. The van der Waals surface area contributed by atoms with Crippen LogP contribution in [0.5, 0.6) is 0 Å². The second kappa shape index (κ2) is 8.61. The summed E-state index contributed by atoms with van der Waals surface area (Å²) in [4.78, 5) is 11.9. The van der Waals surface area contributed by atoms with E-state index >= 15 is 0 Å². The number of hydrogen-bond acceptors (Lipinski definition) is 4. The van der Waals surface area contributed by atoms with Gasteiger partial charge in [0.05, 0.1) is 4.90 Å². The number of sulfonamides is 1. The maximum atomic E-state index is 11.9. The Morgan fingerprint density at radius 1 is 1.12 bits per heavy atom. The third kappa shape index (κ3) is 6.08. The van der Waals surface area contributed by atoms with Crippen LogP contribution in [0.1, 0.15) is 5.56 Å². The predicted octanol–water partition coefficient (Wildman–Crippen LogP) is 3.17. The molecule has 26 heavy (non-hydrogen) atoms. The molecule has 0 saturated heterocycles. The SMILES string of the molecule is NS(=O)(=O)c1ccc(NC(=S)NC(=O)/C=C/c2ccc(Cl)cc2Cl)cc1. The molecule has 10 heteroatoms. The molecule has 136 valence electrons. The van der Waals surface area contributed by atoms with Crippen molar-refractivity contribution in [3.05, 3.63) is 64.1 Å². The second-order valence-electron chi connectivity index (χ2n) is 5.01. The van der Waals surface area contributed by atoms with Crippen molar-refractivity contribution in [3.8, 4) is 0 Å². The van der Waals surface area contributed by atoms with E-state index in [0.29, 0.717) is 21.3 Å². The number of amides is 1. The number of carbonyl (C=O) groups excluding carboxylic acids is 1. The smallest absolute Gasteiger partial charge is 0.250 e. The molecule has 1 amide bonds. The van der Waals surface area contributed by atoms with Crippen molar-refractivity contribution >= 4 is 68.2 Å². The Hall–Kier alpha value is -1.97. The summed E-state index contributed by atoms with van der Waals surface area (Å²) in [5.74, 6) is -0.463. The lowest BCUT2D eigenvalue weighted by Crippen LogP contribution is -2.32. The van der Waals surface area contributed by atoms with Crippen molar-refractivity contribution in [1.82, 2.24) is 5.32 Å². The van der Waals surface area contributed by atoms with Crippen LogP contribution in [0.15, 0.2) is 53.4 Å². The first-order chi connectivity index (χ1) is 12.1. The first kappa shape index (κ1) is 20.3. The largest absolute Gasteiger partial charge is 0.332 e. The molecule has 0 aliphatic heterocycles. The van der Waals surface area contributed by atoms with Gasteiger partial charge in [-0.3, -0.25) is 10.1 Å². The number of benzene rings is 2. The van der Waals surface area contributed by atoms with Gasteiger partial charge in [-0.05, 0) is 60.3 Å². The fourth-order valence-corrected chi connectivity index (χ4v) is 3.05. The average Bonchev–Trinajstić information content (AvgIpc) is 2.53. The zero-order chi connectivity index (χ0) is 19.3. The van der Waals surface area contributed by atoms with E-state index in [1.165, 1.54) is 36.4 Å². The summed E-state index contributed by atoms with van der Waals surface area (Å²) in [5.41, 5.74) is 1.12. The highest BCUT2D eigenvalue weighted by molar-refractivity contribution is 7.89. The first-order valence-electron chi connectivity index (χ1n) is 7.03. The summed E-state index contributed by atoms with van der Waals surface area (Å²) >= 11 is 16.8. The van der Waals surface area contributed by atoms with Gasteiger partial charge in [-0.1, -0.05) is 29.3 Å². The van der Waals surface area contributed by atoms with Gasteiger partial charge in [-0.2, -0.15) is 0 Å². The van der Waals surface area contributed by atoms with Crippen molar-refractivity contribution < 1.29 is 13.2 Å². The fourth-order valence-electron chi connectivity index (χ4n) is 1.85. The van der Waals surface area contributed by atoms with Crippen LogP contribution in [0.2, 0.25) is 10.0 Å². The van der Waals surface area contributed by atoms with Crippen molar-refractivity contribution in [2.75, 3.05) is 5.32 Å². The summed E-state index contributed by atoms with van der Waals surface area (Å²) in [5, 5.41) is 11.2. The zero-order valence-electron chi connectivity index (χ0n) is 13.1. The van der Waals surface area contributed by atoms with Crippen molar-refractivity contribution in [2.45, 2.75) is 4.90 Å². The van der Waals surface area contributed by atoms with Crippen molar-refractivity contribution in [3.63, 3.8) is 0 Å². The lowest BCUT2D eigenvalue weighted by atomic mass is 10.2. The number of hydrogen-bond donors (Lipinski definition) is 3. The molecule has 0 fully saturated rings. The van der Waals surface area contributed by atoms with Gasteiger partial charge in [0.2, 0.25) is 15.9 Å². The molecule has 2 aromatic carbocycles. The van der Waals surface area contributed by atoms with Crippen molar-refractivity contribution in [2.24, 2.45) is 5.14 Å². The minimum atomic E-state index is -3.77. The van der Waals surface area contributed by atoms with Crippen LogP contribution in [0.25, 0.3) is 6.08 Å². The highest BCUT2D eigenvalue weighted by atomic mass is 35.5. The predicted molar refractivity (Wildman–Crippen MR) is 108 cm³/mol. The molecule has 4 N–H and O–H groups in total. The maximum Gasteiger partial charge on any atom is 0.250 e. The highest BCUT2D eigenvalue weighted by Crippen LogP contribution is 2.21. The van der Waals surface area contributed by atoms with E-state index in [-0.39, 0.29) is 10.0 Å². The average molecular weight is 430 g/mol. The van der Waals surface area contributed by atoms with Crippen LogP contribution in [0, 0.1) is 0 Å². The Balaban J connectivity index is 1.94. The van der Waals surface area contributed by atoms with Gasteiger partial charge < -0.3 is 5.32 Å². The molecule has 0 atom stereocenters. The molecule has 0 unspecified atom stereocenters. The summed E-state index contributed by atoms with van der Waals surface area (Å²) in [6.45, 7) is 0. The number of nitrogens with one attached hydrogen (secondary N) is 2. The number of nitrogens with two attached hydrogens (primary N) is 1. The molecule has 6 nitrogen and oxygen atoms in total. The lowest BCUT2D eigenvalue weighted by molar-refractivity contribution is -0.115. The van der Waals surface area contributed by atoms with Gasteiger partial charge in [0.15, 0.2) is 5.11 Å². The van der Waals surface area contributed by atoms with Crippen LogP contribution in [-0.2, 0) is 14.8 Å². The maximum absolute atomic E-state index is 11.9. The molecule has 0 spiro atoms. The molecular formula is C16H13Cl2N3O3S2. The third-order valence-electron chi connectivity index (χ3n) is 3.05. The van der Waals surface area contributed by atoms with Gasteiger partial charge in [0, 0.05) is 21.8 Å². The van der Waals surface area contributed by atoms with Gasteiger partial charge in [0.1, 0.15) is 0 Å². The topological polar surface area (TPSA) is 101 Å². The van der Waals surface area contributed by atoms with Crippen LogP contribution in [-0.4, -0.2) is 19.4 Å². The number of thiocarbonyl (C=S) groups is 1. The van der Waals surface area contributed by atoms with Crippen LogP contribution in [0.3, 0.4) is 0 Å². The fraction of sp³-hybridized carbons (Fsp3) is 0. The highest BCUT2D eigenvalue weighted by Gasteiger charge is 2.08. The van der Waals surface area contributed by atoms with E-state index in [1.807, 2.05) is 0 Å². The van der Waals surface area contributed by atoms with Crippen LogP contribution < -0.4 is 15.8 Å². The Morgan fingerprint density at radius 2 is 1.77 bits per heavy atom. The number of primary sulfonamides is 1. The van der Waals surface area contributed by atoms with Crippen molar-refractivity contribution in [1.29, 1.82) is 0 Å². The molecule has 0 aliphatic carbocycles. The van der Waals surface area contributed by atoms with Gasteiger partial charge in [0.25, 0.3) is 0 Å². The van der Waals surface area contributed by atoms with Gasteiger partial charge >= 0.3 is 0 Å². The molecule has 2 aromatic rings. The summed E-state index contributed by atoms with van der Waals surface area (Å²) < 4.78 is 22.4. The molecule has 0 aromatic heterocycles. The molecule has 2 rings (SSSR count). The number of anilines is 1. The number of halogens is 2. The van der Waals surface area contributed by atoms with E-state index in [2.05, 4.69) is 10.6 Å². The first-order valence-corrected chi connectivity index (χ1v) is 9.74. The van der Waals surface area contributed by atoms with Crippen LogP contribution >= 0.6 is 35.4 Å². The Bertz CT molecular complexity index is 975. The lowest BCUT2D eigenvalue weighted by Gasteiger charge is -2.08. The van der Waals surface area contributed by atoms with E-state index in [0.717, 1.165) is 0 Å². The van der Waals surface area contributed by atoms with E-state index < -0.39 is 15.9 Å². The minimum Gasteiger partial charge on any atom is -0.332 e. The standard InChI is InChI=1S/C16H13Cl2N3O3S2/c17-11-3-1-10(14(18)9-11)2-8-15(22)21-16(25)20-12-4-6-13(7-5-12)26(19,23)24/h1-9H,(H2,19,23,24)(H2,20,21,22,25)/b8-2+. The van der Waals surface area contributed by atoms with E-state index in [1.54, 1.807) is 18.2 Å². The van der Waals surface area contributed by atoms with Crippen LogP contribution in [0.4, 0.5) is 5.69 Å². The molecule has 0 aliphatic rings. The summed E-state index contributed by atoms with van der Waals surface area (Å²) in [6, 6.07) is 10.5. The van der Waals surface area contributed by atoms with E-state index in [9.17, 15) is 13.2 Å².